The van der Waals surface area contributed by atoms with Gasteiger partial charge in [-0.15, -0.1) is 11.3 Å². The first-order valence-corrected chi connectivity index (χ1v) is 7.24. The van der Waals surface area contributed by atoms with Crippen LogP contribution in [0.5, 0.6) is 0 Å². The van der Waals surface area contributed by atoms with Gasteiger partial charge in [-0.25, -0.2) is 4.98 Å². The molecular formula is C14H18N2O3S. The summed E-state index contributed by atoms with van der Waals surface area (Å²) in [6.07, 6.45) is 1.83. The van der Waals surface area contributed by atoms with Gasteiger partial charge < -0.3 is 14.8 Å². The predicted molar refractivity (Wildman–Crippen MR) is 77.4 cm³/mol. The molecule has 2 aromatic rings. The van der Waals surface area contributed by atoms with Gasteiger partial charge in [0.05, 0.1) is 18.4 Å². The van der Waals surface area contributed by atoms with E-state index < -0.39 is 0 Å². The lowest BCUT2D eigenvalue weighted by molar-refractivity contribution is -0.121. The SMILES string of the molecule is CC(C)(CO)CNC(=O)Cc1csc(-c2ccco2)n1. The summed E-state index contributed by atoms with van der Waals surface area (Å²) in [5, 5.41) is 14.6. The average Bonchev–Trinajstić information content (AvgIpc) is 3.07. The van der Waals surface area contributed by atoms with E-state index in [-0.39, 0.29) is 24.3 Å². The van der Waals surface area contributed by atoms with Crippen LogP contribution in [0.4, 0.5) is 0 Å². The van der Waals surface area contributed by atoms with E-state index >= 15 is 0 Å². The molecule has 2 N–H and O–H groups in total. The van der Waals surface area contributed by atoms with E-state index in [0.717, 1.165) is 10.7 Å². The first-order chi connectivity index (χ1) is 9.50. The van der Waals surface area contributed by atoms with Crippen LogP contribution in [0.2, 0.25) is 0 Å². The number of hydrogen-bond donors (Lipinski definition) is 2. The quantitative estimate of drug-likeness (QED) is 0.855. The van der Waals surface area contributed by atoms with E-state index in [0.29, 0.717) is 12.3 Å². The molecule has 0 radical (unpaired) electrons. The molecule has 0 aromatic carbocycles. The van der Waals surface area contributed by atoms with Gasteiger partial charge in [-0.2, -0.15) is 0 Å². The number of carbonyl (C=O) groups excluding carboxylic acids is 1. The molecule has 0 saturated heterocycles. The van der Waals surface area contributed by atoms with Gasteiger partial charge in [0.2, 0.25) is 5.91 Å². The molecule has 0 saturated carbocycles. The Hall–Kier alpha value is -1.66. The molecule has 0 fully saturated rings. The number of aromatic nitrogens is 1. The Labute approximate surface area is 121 Å². The van der Waals surface area contributed by atoms with E-state index in [4.69, 9.17) is 9.52 Å². The van der Waals surface area contributed by atoms with Crippen molar-refractivity contribution in [2.45, 2.75) is 20.3 Å². The van der Waals surface area contributed by atoms with E-state index in [2.05, 4.69) is 10.3 Å². The largest absolute Gasteiger partial charge is 0.462 e. The van der Waals surface area contributed by atoms with Gasteiger partial charge in [-0.3, -0.25) is 4.79 Å². The maximum atomic E-state index is 11.8. The van der Waals surface area contributed by atoms with Gasteiger partial charge in [-0.05, 0) is 12.1 Å². The maximum absolute atomic E-state index is 11.8. The molecular weight excluding hydrogens is 276 g/mol. The Bertz CT molecular complexity index is 561. The van der Waals surface area contributed by atoms with E-state index in [1.165, 1.54) is 11.3 Å². The molecule has 108 valence electrons. The van der Waals surface area contributed by atoms with Crippen molar-refractivity contribution in [3.63, 3.8) is 0 Å². The molecule has 0 spiro atoms. The number of hydrogen-bond acceptors (Lipinski definition) is 5. The number of nitrogens with zero attached hydrogens (tertiary/aromatic N) is 1. The number of furan rings is 1. The predicted octanol–water partition coefficient (Wildman–Crippen LogP) is 2.08. The summed E-state index contributed by atoms with van der Waals surface area (Å²) in [5.74, 6) is 0.617. The Balaban J connectivity index is 1.89. The Morgan fingerprint density at radius 2 is 2.35 bits per heavy atom. The molecule has 2 rings (SSSR count). The van der Waals surface area contributed by atoms with Crippen LogP contribution in [-0.4, -0.2) is 29.1 Å². The fraction of sp³-hybridized carbons (Fsp3) is 0.429. The highest BCUT2D eigenvalue weighted by Gasteiger charge is 2.18. The number of aliphatic hydroxyl groups excluding tert-OH is 1. The number of aliphatic hydroxyl groups is 1. The van der Waals surface area contributed by atoms with E-state index in [1.54, 1.807) is 12.3 Å². The zero-order valence-electron chi connectivity index (χ0n) is 11.5. The van der Waals surface area contributed by atoms with Gasteiger partial charge in [0.15, 0.2) is 10.8 Å². The summed E-state index contributed by atoms with van der Waals surface area (Å²) in [7, 11) is 0. The van der Waals surface area contributed by atoms with Crippen LogP contribution in [0.3, 0.4) is 0 Å². The Morgan fingerprint density at radius 3 is 3.00 bits per heavy atom. The second-order valence-electron chi connectivity index (χ2n) is 5.40. The van der Waals surface area contributed by atoms with Crippen molar-refractivity contribution < 1.29 is 14.3 Å². The summed E-state index contributed by atoms with van der Waals surface area (Å²) in [6, 6.07) is 3.65. The van der Waals surface area contributed by atoms with Crippen molar-refractivity contribution in [1.29, 1.82) is 0 Å². The van der Waals surface area contributed by atoms with Crippen LogP contribution in [-0.2, 0) is 11.2 Å². The van der Waals surface area contributed by atoms with Crippen LogP contribution >= 0.6 is 11.3 Å². The summed E-state index contributed by atoms with van der Waals surface area (Å²) < 4.78 is 5.26. The van der Waals surface area contributed by atoms with E-state index in [9.17, 15) is 4.79 Å². The van der Waals surface area contributed by atoms with E-state index in [1.807, 2.05) is 25.3 Å². The minimum absolute atomic E-state index is 0.0343. The number of thiazole rings is 1. The topological polar surface area (TPSA) is 75.4 Å². The van der Waals surface area contributed by atoms with Gasteiger partial charge in [0, 0.05) is 23.9 Å². The average molecular weight is 294 g/mol. The minimum Gasteiger partial charge on any atom is -0.462 e. The molecule has 0 aliphatic heterocycles. The molecule has 0 aliphatic carbocycles. The monoisotopic (exact) mass is 294 g/mol. The third kappa shape index (κ3) is 3.91. The Kier molecular flexibility index (Phi) is 4.57. The van der Waals surface area contributed by atoms with Crippen molar-refractivity contribution in [2.75, 3.05) is 13.2 Å². The lowest BCUT2D eigenvalue weighted by Crippen LogP contribution is -2.36. The third-order valence-electron chi connectivity index (χ3n) is 2.82. The van der Waals surface area contributed by atoms with Crippen molar-refractivity contribution in [3.05, 3.63) is 29.5 Å². The van der Waals surface area contributed by atoms with Crippen LogP contribution < -0.4 is 5.32 Å². The molecule has 0 aliphatic rings. The molecule has 20 heavy (non-hydrogen) atoms. The van der Waals surface area contributed by atoms with Crippen molar-refractivity contribution in [1.82, 2.24) is 10.3 Å². The highest BCUT2D eigenvalue weighted by molar-refractivity contribution is 7.13. The van der Waals surface area contributed by atoms with Crippen LogP contribution in [0.15, 0.2) is 28.2 Å². The molecule has 2 aromatic heterocycles. The molecule has 1 amide bonds. The summed E-state index contributed by atoms with van der Waals surface area (Å²) in [6.45, 7) is 4.26. The third-order valence-corrected chi connectivity index (χ3v) is 3.72. The number of rotatable bonds is 6. The molecule has 0 atom stereocenters. The van der Waals surface area contributed by atoms with Crippen LogP contribution in [0.1, 0.15) is 19.5 Å². The van der Waals surface area contributed by atoms with Gasteiger partial charge >= 0.3 is 0 Å². The first kappa shape index (κ1) is 14.7. The summed E-state index contributed by atoms with van der Waals surface area (Å²) in [4.78, 5) is 16.2. The Morgan fingerprint density at radius 1 is 1.55 bits per heavy atom. The van der Waals surface area contributed by atoms with Crippen LogP contribution in [0.25, 0.3) is 10.8 Å². The smallest absolute Gasteiger partial charge is 0.226 e. The van der Waals surface area contributed by atoms with Crippen LogP contribution in [0, 0.1) is 5.41 Å². The molecule has 2 heterocycles. The second kappa shape index (κ2) is 6.19. The number of carbonyl (C=O) groups is 1. The fourth-order valence-corrected chi connectivity index (χ4v) is 2.31. The number of nitrogens with one attached hydrogen (secondary N) is 1. The molecule has 5 nitrogen and oxygen atoms in total. The molecule has 0 unspecified atom stereocenters. The van der Waals surface area contributed by atoms with Crippen molar-refractivity contribution >= 4 is 17.2 Å². The zero-order chi connectivity index (χ0) is 14.6. The fourth-order valence-electron chi connectivity index (χ4n) is 1.52. The lowest BCUT2D eigenvalue weighted by atomic mass is 9.95. The highest BCUT2D eigenvalue weighted by atomic mass is 32.1. The van der Waals surface area contributed by atoms with Gasteiger partial charge in [-0.1, -0.05) is 13.8 Å². The first-order valence-electron chi connectivity index (χ1n) is 6.36. The second-order valence-corrected chi connectivity index (χ2v) is 6.26. The van der Waals surface area contributed by atoms with Gasteiger partial charge in [0.1, 0.15) is 0 Å². The van der Waals surface area contributed by atoms with Crippen molar-refractivity contribution in [2.24, 2.45) is 5.41 Å². The minimum atomic E-state index is -0.308. The lowest BCUT2D eigenvalue weighted by Gasteiger charge is -2.21. The zero-order valence-corrected chi connectivity index (χ0v) is 12.4. The van der Waals surface area contributed by atoms with Gasteiger partial charge in [0.25, 0.3) is 0 Å². The molecule has 0 bridgehead atoms. The maximum Gasteiger partial charge on any atom is 0.226 e. The van der Waals surface area contributed by atoms with Crippen molar-refractivity contribution in [3.8, 4) is 10.8 Å². The standard InChI is InChI=1S/C14H18N2O3S/c1-14(2,9-17)8-15-12(18)6-10-7-20-13(16-10)11-4-3-5-19-11/h3-5,7,17H,6,8-9H2,1-2H3,(H,15,18). The number of amides is 1. The normalized spacial score (nSPS) is 11.6. The highest BCUT2D eigenvalue weighted by Crippen LogP contribution is 2.24. The molecule has 6 heteroatoms. The summed E-state index contributed by atoms with van der Waals surface area (Å²) in [5.41, 5.74) is 0.414. The summed E-state index contributed by atoms with van der Waals surface area (Å²) >= 11 is 1.45.